The predicted molar refractivity (Wildman–Crippen MR) is 143 cm³/mol. The molecule has 35 heavy (non-hydrogen) atoms. The number of benzene rings is 3. The summed E-state index contributed by atoms with van der Waals surface area (Å²) in [6, 6.07) is 26.1. The average molecular weight is 517 g/mol. The zero-order valence-electron chi connectivity index (χ0n) is 18.1. The van der Waals surface area contributed by atoms with Crippen molar-refractivity contribution in [3.8, 4) is 16.9 Å². The number of hydrogen-bond donors (Lipinski definition) is 1. The Balaban J connectivity index is 1.48. The molecule has 3 aromatic carbocycles. The fourth-order valence-electron chi connectivity index (χ4n) is 3.54. The van der Waals surface area contributed by atoms with Gasteiger partial charge in [-0.15, -0.1) is 0 Å². The lowest BCUT2D eigenvalue weighted by molar-refractivity contribution is -0.123. The number of hydrogen-bond acceptors (Lipinski definition) is 5. The van der Waals surface area contributed by atoms with Gasteiger partial charge in [0.05, 0.1) is 26.9 Å². The topological polar surface area (TPSA) is 67.2 Å². The molecule has 6 nitrogen and oxygen atoms in total. The van der Waals surface area contributed by atoms with Gasteiger partial charge in [-0.1, -0.05) is 84.0 Å². The van der Waals surface area contributed by atoms with E-state index in [2.05, 4.69) is 5.43 Å². The minimum atomic E-state index is -0.518. The smallest absolute Gasteiger partial charge is 0.267 e. The van der Waals surface area contributed by atoms with Crippen LogP contribution in [0.4, 0.5) is 0 Å². The van der Waals surface area contributed by atoms with E-state index < -0.39 is 11.8 Å². The Kier molecular flexibility index (Phi) is 6.50. The maximum Gasteiger partial charge on any atom is 0.285 e. The van der Waals surface area contributed by atoms with Gasteiger partial charge in [-0.2, -0.15) is 10.1 Å². The minimum Gasteiger partial charge on any atom is -0.267 e. The van der Waals surface area contributed by atoms with Crippen LogP contribution in [-0.2, 0) is 4.79 Å². The number of para-hydroxylation sites is 1. The van der Waals surface area contributed by atoms with Gasteiger partial charge in [0, 0.05) is 17.3 Å². The summed E-state index contributed by atoms with van der Waals surface area (Å²) in [6.45, 7) is 0. The Morgan fingerprint density at radius 2 is 1.63 bits per heavy atom. The number of rotatable bonds is 5. The standard InChI is InChI=1S/C26H17ClN4O2S2/c27-21-14-8-7-13-20(21)24(32)29-31-25(33)22(35-26(31)34)15-18-16-30(19-11-5-2-6-12-19)28-23(18)17-9-3-1-4-10-17/h1-16H,(H,29,32)/b22-15+. The van der Waals surface area contributed by atoms with Crippen LogP contribution in [0.2, 0.25) is 5.02 Å². The molecule has 0 atom stereocenters. The summed E-state index contributed by atoms with van der Waals surface area (Å²) >= 11 is 12.6. The molecule has 9 heteroatoms. The molecule has 0 radical (unpaired) electrons. The van der Waals surface area contributed by atoms with Crippen LogP contribution in [0.5, 0.6) is 0 Å². The highest BCUT2D eigenvalue weighted by atomic mass is 35.5. The van der Waals surface area contributed by atoms with E-state index in [-0.39, 0.29) is 14.9 Å². The lowest BCUT2D eigenvalue weighted by Crippen LogP contribution is -2.44. The Morgan fingerprint density at radius 1 is 0.971 bits per heavy atom. The summed E-state index contributed by atoms with van der Waals surface area (Å²) in [4.78, 5) is 26.2. The number of carbonyl (C=O) groups excluding carboxylic acids is 2. The summed E-state index contributed by atoms with van der Waals surface area (Å²) in [7, 11) is 0. The lowest BCUT2D eigenvalue weighted by atomic mass is 10.1. The van der Waals surface area contributed by atoms with Gasteiger partial charge < -0.3 is 0 Å². The number of halogens is 1. The highest BCUT2D eigenvalue weighted by molar-refractivity contribution is 8.26. The highest BCUT2D eigenvalue weighted by Gasteiger charge is 2.34. The molecule has 0 spiro atoms. The number of nitrogens with one attached hydrogen (secondary N) is 1. The van der Waals surface area contributed by atoms with E-state index in [1.54, 1.807) is 35.0 Å². The van der Waals surface area contributed by atoms with Gasteiger partial charge in [0.1, 0.15) is 0 Å². The molecule has 0 bridgehead atoms. The number of hydrazine groups is 1. The Bertz CT molecular complexity index is 1470. The Morgan fingerprint density at radius 3 is 2.34 bits per heavy atom. The quantitative estimate of drug-likeness (QED) is 0.271. The van der Waals surface area contributed by atoms with Crippen molar-refractivity contribution in [1.82, 2.24) is 20.2 Å². The van der Waals surface area contributed by atoms with Crippen molar-refractivity contribution >= 4 is 57.8 Å². The van der Waals surface area contributed by atoms with Gasteiger partial charge >= 0.3 is 0 Å². The number of nitrogens with zero attached hydrogens (tertiary/aromatic N) is 3. The van der Waals surface area contributed by atoms with Crippen molar-refractivity contribution < 1.29 is 9.59 Å². The first-order valence-electron chi connectivity index (χ1n) is 10.6. The van der Waals surface area contributed by atoms with Gasteiger partial charge in [-0.25, -0.2) is 4.68 Å². The van der Waals surface area contributed by atoms with Crippen LogP contribution in [-0.4, -0.2) is 30.9 Å². The van der Waals surface area contributed by atoms with Crippen LogP contribution >= 0.6 is 35.6 Å². The molecule has 172 valence electrons. The van der Waals surface area contributed by atoms with Crippen LogP contribution in [0.15, 0.2) is 96.0 Å². The van der Waals surface area contributed by atoms with Gasteiger partial charge in [0.2, 0.25) is 0 Å². The number of thiocarbonyl (C=S) groups is 1. The van der Waals surface area contributed by atoms with E-state index in [4.69, 9.17) is 28.9 Å². The molecule has 0 unspecified atom stereocenters. The normalized spacial score (nSPS) is 14.5. The van der Waals surface area contributed by atoms with E-state index >= 15 is 0 Å². The molecular formula is C26H17ClN4O2S2. The van der Waals surface area contributed by atoms with Crippen LogP contribution < -0.4 is 5.43 Å². The van der Waals surface area contributed by atoms with Crippen molar-refractivity contribution in [3.05, 3.63) is 112 Å². The molecule has 0 aliphatic carbocycles. The van der Waals surface area contributed by atoms with Crippen LogP contribution in [0.25, 0.3) is 23.0 Å². The van der Waals surface area contributed by atoms with Gasteiger partial charge in [-0.3, -0.25) is 15.0 Å². The van der Waals surface area contributed by atoms with Crippen LogP contribution in [0, 0.1) is 0 Å². The van der Waals surface area contributed by atoms with Crippen molar-refractivity contribution in [2.24, 2.45) is 0 Å². The Hall–Kier alpha value is -3.72. The Labute approximate surface area is 216 Å². The third kappa shape index (κ3) is 4.77. The van der Waals surface area contributed by atoms with Crippen molar-refractivity contribution in [2.45, 2.75) is 0 Å². The summed E-state index contributed by atoms with van der Waals surface area (Å²) in [5, 5.41) is 6.13. The van der Waals surface area contributed by atoms with Crippen molar-refractivity contribution in [2.75, 3.05) is 0 Å². The number of carbonyl (C=O) groups is 2. The molecule has 1 aliphatic rings. The zero-order valence-corrected chi connectivity index (χ0v) is 20.5. The first-order chi connectivity index (χ1) is 17.0. The second kappa shape index (κ2) is 9.87. The minimum absolute atomic E-state index is 0.221. The fraction of sp³-hybridized carbons (Fsp3) is 0. The van der Waals surface area contributed by atoms with E-state index in [0.29, 0.717) is 4.91 Å². The molecule has 0 saturated carbocycles. The summed E-state index contributed by atoms with van der Waals surface area (Å²) in [6.07, 6.45) is 3.61. The maximum atomic E-state index is 13.2. The second-order valence-corrected chi connectivity index (χ2v) is 9.60. The first-order valence-corrected chi connectivity index (χ1v) is 12.2. The number of thioether (sulfide) groups is 1. The zero-order chi connectivity index (χ0) is 24.4. The summed E-state index contributed by atoms with van der Waals surface area (Å²) in [5.41, 5.74) is 6.09. The first kappa shape index (κ1) is 23.0. The molecule has 1 fully saturated rings. The fourth-order valence-corrected chi connectivity index (χ4v) is 4.93. The molecule has 2 heterocycles. The predicted octanol–water partition coefficient (Wildman–Crippen LogP) is 5.74. The van der Waals surface area contributed by atoms with Gasteiger partial charge in [0.25, 0.3) is 11.8 Å². The molecule has 1 aromatic heterocycles. The molecule has 2 amide bonds. The maximum absolute atomic E-state index is 13.2. The third-order valence-corrected chi connectivity index (χ3v) is 6.85. The van der Waals surface area contributed by atoms with E-state index in [9.17, 15) is 9.59 Å². The second-order valence-electron chi connectivity index (χ2n) is 7.52. The highest BCUT2D eigenvalue weighted by Crippen LogP contribution is 2.34. The number of amides is 2. The lowest BCUT2D eigenvalue weighted by Gasteiger charge is -2.16. The summed E-state index contributed by atoms with van der Waals surface area (Å²) < 4.78 is 1.99. The number of aromatic nitrogens is 2. The summed E-state index contributed by atoms with van der Waals surface area (Å²) in [5.74, 6) is -0.943. The molecule has 1 N–H and O–H groups in total. The third-order valence-electron chi connectivity index (χ3n) is 5.22. The molecule has 5 rings (SSSR count). The van der Waals surface area contributed by atoms with Gasteiger partial charge in [-0.05, 0) is 42.6 Å². The van der Waals surface area contributed by atoms with Gasteiger partial charge in [0.15, 0.2) is 4.32 Å². The van der Waals surface area contributed by atoms with Crippen LogP contribution in [0.1, 0.15) is 15.9 Å². The SMILES string of the molecule is O=C(NN1C(=O)/C(=C\c2cn(-c3ccccc3)nc2-c2ccccc2)SC1=S)c1ccccc1Cl. The largest absolute Gasteiger partial charge is 0.285 e. The van der Waals surface area contributed by atoms with E-state index in [1.165, 1.54) is 0 Å². The molecule has 1 saturated heterocycles. The molecule has 4 aromatic rings. The van der Waals surface area contributed by atoms with Crippen molar-refractivity contribution in [1.29, 1.82) is 0 Å². The molecule has 1 aliphatic heterocycles. The van der Waals surface area contributed by atoms with Crippen LogP contribution in [0.3, 0.4) is 0 Å². The van der Waals surface area contributed by atoms with E-state index in [1.807, 2.05) is 66.9 Å². The average Bonchev–Trinajstić information content (AvgIpc) is 3.42. The van der Waals surface area contributed by atoms with Crippen molar-refractivity contribution in [3.63, 3.8) is 0 Å². The molecular weight excluding hydrogens is 500 g/mol. The van der Waals surface area contributed by atoms with E-state index in [0.717, 1.165) is 39.3 Å². The monoisotopic (exact) mass is 516 g/mol.